The summed E-state index contributed by atoms with van der Waals surface area (Å²) < 4.78 is 16.7. The number of hydrogen-bond donors (Lipinski definition) is 0. The summed E-state index contributed by atoms with van der Waals surface area (Å²) in [4.78, 5) is 37.9. The average Bonchev–Trinajstić information content (AvgIpc) is 3.29. The third-order valence-corrected chi connectivity index (χ3v) is 10.7. The molecule has 1 atom stereocenters. The van der Waals surface area contributed by atoms with Gasteiger partial charge in [0, 0.05) is 19.3 Å². The number of allylic oxidation sites excluding steroid dienone is 18. The van der Waals surface area contributed by atoms with Crippen LogP contribution in [0.3, 0.4) is 0 Å². The molecule has 0 aliphatic heterocycles. The van der Waals surface area contributed by atoms with E-state index in [1.54, 1.807) is 0 Å². The van der Waals surface area contributed by atoms with Gasteiger partial charge in [0.15, 0.2) is 6.10 Å². The first-order valence-corrected chi connectivity index (χ1v) is 26.0. The molecule has 1 unspecified atom stereocenters. The van der Waals surface area contributed by atoms with Crippen LogP contribution in [-0.4, -0.2) is 37.2 Å². The molecule has 0 saturated carbocycles. The molecule has 6 nitrogen and oxygen atoms in total. The van der Waals surface area contributed by atoms with Crippen molar-refractivity contribution in [2.45, 2.75) is 226 Å². The Bertz CT molecular complexity index is 1340. The highest BCUT2D eigenvalue weighted by atomic mass is 16.6. The van der Waals surface area contributed by atoms with E-state index in [0.29, 0.717) is 19.3 Å². The van der Waals surface area contributed by atoms with Gasteiger partial charge in [0.2, 0.25) is 0 Å². The van der Waals surface area contributed by atoms with E-state index in [0.717, 1.165) is 89.9 Å². The minimum atomic E-state index is -0.804. The Balaban J connectivity index is 4.48. The number of carbonyl (C=O) groups excluding carboxylic acids is 3. The third kappa shape index (κ3) is 49.1. The molecule has 0 N–H and O–H groups in total. The van der Waals surface area contributed by atoms with Crippen molar-refractivity contribution in [2.24, 2.45) is 0 Å². The second kappa shape index (κ2) is 51.7. The predicted molar refractivity (Wildman–Crippen MR) is 274 cm³/mol. The molecule has 0 aromatic rings. The van der Waals surface area contributed by atoms with Gasteiger partial charge < -0.3 is 14.2 Å². The van der Waals surface area contributed by atoms with Crippen molar-refractivity contribution in [1.29, 1.82) is 0 Å². The highest BCUT2D eigenvalue weighted by Gasteiger charge is 2.19. The van der Waals surface area contributed by atoms with E-state index in [4.69, 9.17) is 14.2 Å². The van der Waals surface area contributed by atoms with Gasteiger partial charge in [0.05, 0.1) is 0 Å². The zero-order valence-electron chi connectivity index (χ0n) is 41.3. The second-order valence-corrected chi connectivity index (χ2v) is 16.9. The van der Waals surface area contributed by atoms with Crippen LogP contribution in [0, 0.1) is 0 Å². The maximum Gasteiger partial charge on any atom is 0.306 e. The highest BCUT2D eigenvalue weighted by molar-refractivity contribution is 5.71. The van der Waals surface area contributed by atoms with Gasteiger partial charge in [-0.2, -0.15) is 0 Å². The summed E-state index contributed by atoms with van der Waals surface area (Å²) in [6.07, 6.45) is 69.3. The lowest BCUT2D eigenvalue weighted by Crippen LogP contribution is -2.30. The molecule has 0 aromatic heterocycles. The molecule has 0 heterocycles. The van der Waals surface area contributed by atoms with E-state index in [1.807, 2.05) is 72.9 Å². The maximum absolute atomic E-state index is 12.8. The zero-order chi connectivity index (χ0) is 46.5. The molecular formula is C58H94O6. The molecule has 0 bridgehead atoms. The first-order valence-electron chi connectivity index (χ1n) is 26.0. The SMILES string of the molecule is CC\C=C/C=C\C=C/C=C\C=C\C=C/C=C\CCCCCC(=O)OCC(COC(=O)CCCCCCCCCCC)OC(=O)CCCCCCC/C=C\C=C/CCCCCCCCC. The Morgan fingerprint density at radius 1 is 0.328 bits per heavy atom. The molecule has 0 radical (unpaired) electrons. The van der Waals surface area contributed by atoms with Crippen LogP contribution in [-0.2, 0) is 28.6 Å². The molecule has 0 spiro atoms. The van der Waals surface area contributed by atoms with E-state index >= 15 is 0 Å². The molecule has 0 fully saturated rings. The standard InChI is InChI=1S/C58H94O6/c1-4-7-10-13-16-19-21-23-25-27-29-31-32-34-36-39-42-45-48-51-57(60)63-54-55(53-62-56(59)50-47-44-41-38-18-15-12-9-6-3)64-58(61)52-49-46-43-40-37-35-33-30-28-26-24-22-20-17-14-11-8-5-2/h7,10,13,16,19,21,23,25-34,36,55H,4-6,8-9,11-12,14-15,17-18,20,22,24,35,37-54H2,1-3H3/b10-7-,16-13-,21-19-,25-23-,28-26-,29-27+,32-31-,33-30-,36-34-. The molecule has 0 amide bonds. The van der Waals surface area contributed by atoms with Crippen LogP contribution in [0.5, 0.6) is 0 Å². The Kier molecular flexibility index (Phi) is 48.5. The van der Waals surface area contributed by atoms with E-state index in [-0.39, 0.29) is 31.1 Å². The van der Waals surface area contributed by atoms with Crippen molar-refractivity contribution < 1.29 is 28.6 Å². The second-order valence-electron chi connectivity index (χ2n) is 16.9. The van der Waals surface area contributed by atoms with Crippen LogP contribution < -0.4 is 0 Å². The van der Waals surface area contributed by atoms with Gasteiger partial charge in [-0.15, -0.1) is 0 Å². The first kappa shape index (κ1) is 60.1. The first-order chi connectivity index (χ1) is 31.5. The minimum absolute atomic E-state index is 0.100. The quantitative estimate of drug-likeness (QED) is 0.0262. The van der Waals surface area contributed by atoms with Crippen LogP contribution >= 0.6 is 0 Å². The zero-order valence-corrected chi connectivity index (χ0v) is 41.3. The summed E-state index contributed by atoms with van der Waals surface area (Å²) >= 11 is 0. The van der Waals surface area contributed by atoms with Gasteiger partial charge in [-0.25, -0.2) is 0 Å². The third-order valence-electron chi connectivity index (χ3n) is 10.7. The molecule has 0 aliphatic rings. The normalized spacial score (nSPS) is 13.0. The van der Waals surface area contributed by atoms with Crippen molar-refractivity contribution >= 4 is 17.9 Å². The molecule has 64 heavy (non-hydrogen) atoms. The lowest BCUT2D eigenvalue weighted by atomic mass is 10.1. The Hall–Kier alpha value is -3.93. The smallest absolute Gasteiger partial charge is 0.306 e. The van der Waals surface area contributed by atoms with Crippen molar-refractivity contribution in [3.8, 4) is 0 Å². The fraction of sp³-hybridized carbons (Fsp3) is 0.638. The summed E-state index contributed by atoms with van der Waals surface area (Å²) in [6.45, 7) is 6.40. The van der Waals surface area contributed by atoms with Gasteiger partial charge in [-0.3, -0.25) is 14.4 Å². The van der Waals surface area contributed by atoms with Crippen molar-refractivity contribution in [3.05, 3.63) is 109 Å². The summed E-state index contributed by atoms with van der Waals surface area (Å²) in [7, 11) is 0. The van der Waals surface area contributed by atoms with Crippen molar-refractivity contribution in [3.63, 3.8) is 0 Å². The van der Waals surface area contributed by atoms with Gasteiger partial charge in [-0.1, -0.05) is 246 Å². The van der Waals surface area contributed by atoms with Crippen molar-refractivity contribution in [2.75, 3.05) is 13.2 Å². The summed E-state index contributed by atoms with van der Waals surface area (Å²) in [5.41, 5.74) is 0. The lowest BCUT2D eigenvalue weighted by molar-refractivity contribution is -0.167. The van der Waals surface area contributed by atoms with Crippen LogP contribution in [0.15, 0.2) is 109 Å². The monoisotopic (exact) mass is 887 g/mol. The molecule has 0 aliphatic carbocycles. The fourth-order valence-corrected chi connectivity index (χ4v) is 6.83. The largest absolute Gasteiger partial charge is 0.462 e. The van der Waals surface area contributed by atoms with Crippen LogP contribution in [0.1, 0.15) is 220 Å². The van der Waals surface area contributed by atoms with Crippen LogP contribution in [0.4, 0.5) is 0 Å². The van der Waals surface area contributed by atoms with E-state index in [9.17, 15) is 14.4 Å². The number of hydrogen-bond acceptors (Lipinski definition) is 6. The number of esters is 3. The summed E-state index contributed by atoms with van der Waals surface area (Å²) in [5, 5.41) is 0. The number of unbranched alkanes of at least 4 members (excludes halogenated alkanes) is 23. The summed E-state index contributed by atoms with van der Waals surface area (Å²) in [5.74, 6) is -0.969. The van der Waals surface area contributed by atoms with Gasteiger partial charge in [0.25, 0.3) is 0 Å². The molecule has 362 valence electrons. The fourth-order valence-electron chi connectivity index (χ4n) is 6.83. The Morgan fingerprint density at radius 2 is 0.609 bits per heavy atom. The number of ether oxygens (including phenoxy) is 3. The summed E-state index contributed by atoms with van der Waals surface area (Å²) in [6, 6.07) is 0. The highest BCUT2D eigenvalue weighted by Crippen LogP contribution is 2.14. The minimum Gasteiger partial charge on any atom is -0.462 e. The van der Waals surface area contributed by atoms with Gasteiger partial charge in [0.1, 0.15) is 13.2 Å². The lowest BCUT2D eigenvalue weighted by Gasteiger charge is -2.18. The average molecular weight is 887 g/mol. The molecule has 0 rings (SSSR count). The predicted octanol–water partition coefficient (Wildman–Crippen LogP) is 17.1. The Morgan fingerprint density at radius 3 is 0.984 bits per heavy atom. The molecule has 6 heteroatoms. The molecule has 0 aromatic carbocycles. The molecular weight excluding hydrogens is 793 g/mol. The maximum atomic E-state index is 12.8. The number of carbonyl (C=O) groups is 3. The van der Waals surface area contributed by atoms with Crippen molar-refractivity contribution in [1.82, 2.24) is 0 Å². The number of rotatable bonds is 45. The van der Waals surface area contributed by atoms with Gasteiger partial charge in [-0.05, 0) is 64.2 Å². The van der Waals surface area contributed by atoms with E-state index in [1.165, 1.54) is 89.9 Å². The van der Waals surface area contributed by atoms with Crippen LogP contribution in [0.25, 0.3) is 0 Å². The molecule has 0 saturated heterocycles. The van der Waals surface area contributed by atoms with Gasteiger partial charge >= 0.3 is 17.9 Å². The van der Waals surface area contributed by atoms with E-state index in [2.05, 4.69) is 57.2 Å². The topological polar surface area (TPSA) is 78.9 Å². The Labute approximate surface area is 393 Å². The van der Waals surface area contributed by atoms with E-state index < -0.39 is 6.10 Å². The van der Waals surface area contributed by atoms with Crippen LogP contribution in [0.2, 0.25) is 0 Å².